The van der Waals surface area contributed by atoms with Gasteiger partial charge in [0.1, 0.15) is 22.8 Å². The predicted molar refractivity (Wildman–Crippen MR) is 123 cm³/mol. The van der Waals surface area contributed by atoms with Crippen molar-refractivity contribution >= 4 is 12.1 Å². The SMILES string of the molecule is CCNC(=NCCCNC(=O)OC(C)(C)C)NCCc1c(OC)cc(OC)cc1OC. The van der Waals surface area contributed by atoms with Crippen LogP contribution in [0.2, 0.25) is 0 Å². The minimum Gasteiger partial charge on any atom is -0.496 e. The van der Waals surface area contributed by atoms with Crippen LogP contribution in [0.4, 0.5) is 4.79 Å². The highest BCUT2D eigenvalue weighted by atomic mass is 16.6. The first kappa shape index (κ1) is 26.2. The quantitative estimate of drug-likeness (QED) is 0.277. The molecule has 31 heavy (non-hydrogen) atoms. The predicted octanol–water partition coefficient (Wildman–Crippen LogP) is 2.72. The molecule has 0 aliphatic heterocycles. The van der Waals surface area contributed by atoms with Gasteiger partial charge in [0.05, 0.1) is 21.3 Å². The third kappa shape index (κ3) is 10.1. The maximum atomic E-state index is 11.7. The molecular weight excluding hydrogens is 400 g/mol. The fourth-order valence-corrected chi connectivity index (χ4v) is 2.75. The molecule has 0 bridgehead atoms. The Hall–Kier alpha value is -2.84. The fourth-order valence-electron chi connectivity index (χ4n) is 2.75. The fraction of sp³-hybridized carbons (Fsp3) is 0.636. The number of carbonyl (C=O) groups is 1. The van der Waals surface area contributed by atoms with Crippen molar-refractivity contribution in [3.05, 3.63) is 17.7 Å². The van der Waals surface area contributed by atoms with Crippen molar-refractivity contribution in [2.24, 2.45) is 4.99 Å². The molecule has 1 amide bonds. The topological polar surface area (TPSA) is 102 Å². The molecule has 0 aromatic heterocycles. The van der Waals surface area contributed by atoms with Crippen molar-refractivity contribution in [1.82, 2.24) is 16.0 Å². The van der Waals surface area contributed by atoms with E-state index in [2.05, 4.69) is 20.9 Å². The normalized spacial score (nSPS) is 11.5. The number of ether oxygens (including phenoxy) is 4. The van der Waals surface area contributed by atoms with E-state index in [0.717, 1.165) is 12.1 Å². The largest absolute Gasteiger partial charge is 0.496 e. The Morgan fingerprint density at radius 2 is 1.61 bits per heavy atom. The Morgan fingerprint density at radius 3 is 2.13 bits per heavy atom. The first-order valence-electron chi connectivity index (χ1n) is 10.5. The average Bonchev–Trinajstić information content (AvgIpc) is 2.71. The lowest BCUT2D eigenvalue weighted by molar-refractivity contribution is 0.0527. The monoisotopic (exact) mass is 438 g/mol. The summed E-state index contributed by atoms with van der Waals surface area (Å²) in [4.78, 5) is 16.2. The second kappa shape index (κ2) is 13.5. The molecule has 0 fully saturated rings. The molecule has 176 valence electrons. The number of methoxy groups -OCH3 is 3. The number of nitrogens with zero attached hydrogens (tertiary/aromatic N) is 1. The van der Waals surface area contributed by atoms with E-state index < -0.39 is 11.7 Å². The van der Waals surface area contributed by atoms with Crippen LogP contribution >= 0.6 is 0 Å². The Bertz CT molecular complexity index is 691. The summed E-state index contributed by atoms with van der Waals surface area (Å²) in [6.07, 6.45) is 0.973. The Kier molecular flexibility index (Phi) is 11.4. The number of rotatable bonds is 11. The lowest BCUT2D eigenvalue weighted by atomic mass is 10.1. The van der Waals surface area contributed by atoms with Gasteiger partial charge >= 0.3 is 6.09 Å². The molecule has 1 rings (SSSR count). The molecule has 0 spiro atoms. The molecular formula is C22H38N4O5. The van der Waals surface area contributed by atoms with Gasteiger partial charge in [0.25, 0.3) is 0 Å². The number of aliphatic imine (C=N–C) groups is 1. The molecule has 9 nitrogen and oxygen atoms in total. The summed E-state index contributed by atoms with van der Waals surface area (Å²) in [6, 6.07) is 3.68. The molecule has 0 heterocycles. The summed E-state index contributed by atoms with van der Waals surface area (Å²) in [7, 11) is 4.86. The van der Waals surface area contributed by atoms with E-state index in [9.17, 15) is 4.79 Å². The first-order chi connectivity index (χ1) is 14.7. The van der Waals surface area contributed by atoms with Crippen molar-refractivity contribution in [1.29, 1.82) is 0 Å². The van der Waals surface area contributed by atoms with Crippen molar-refractivity contribution < 1.29 is 23.7 Å². The summed E-state index contributed by atoms with van der Waals surface area (Å²) in [5, 5.41) is 9.27. The van der Waals surface area contributed by atoms with E-state index in [0.29, 0.717) is 55.7 Å². The van der Waals surface area contributed by atoms with E-state index in [4.69, 9.17) is 18.9 Å². The molecule has 9 heteroatoms. The number of hydrogen-bond donors (Lipinski definition) is 3. The van der Waals surface area contributed by atoms with E-state index in [1.54, 1.807) is 21.3 Å². The Morgan fingerprint density at radius 1 is 0.968 bits per heavy atom. The lowest BCUT2D eigenvalue weighted by Gasteiger charge is -2.19. The van der Waals surface area contributed by atoms with Crippen LogP contribution in [0.3, 0.4) is 0 Å². The third-order valence-electron chi connectivity index (χ3n) is 4.10. The van der Waals surface area contributed by atoms with Crippen LogP contribution in [0.25, 0.3) is 0 Å². The summed E-state index contributed by atoms with van der Waals surface area (Å²) in [5.74, 6) is 2.83. The van der Waals surface area contributed by atoms with Gasteiger partial charge in [-0.2, -0.15) is 0 Å². The van der Waals surface area contributed by atoms with Crippen LogP contribution in [-0.4, -0.2) is 65.2 Å². The van der Waals surface area contributed by atoms with Crippen LogP contribution in [0, 0.1) is 0 Å². The summed E-state index contributed by atoms with van der Waals surface area (Å²) in [6.45, 7) is 9.97. The molecule has 0 atom stereocenters. The summed E-state index contributed by atoms with van der Waals surface area (Å²) < 4.78 is 21.5. The Labute approximate surface area is 185 Å². The molecule has 1 aromatic rings. The number of carbonyl (C=O) groups excluding carboxylic acids is 1. The van der Waals surface area contributed by atoms with Gasteiger partial charge in [-0.1, -0.05) is 0 Å². The highest BCUT2D eigenvalue weighted by Crippen LogP contribution is 2.34. The third-order valence-corrected chi connectivity index (χ3v) is 4.10. The number of alkyl carbamates (subject to hydrolysis) is 1. The number of hydrogen-bond acceptors (Lipinski definition) is 6. The number of guanidine groups is 1. The van der Waals surface area contributed by atoms with Gasteiger partial charge in [0, 0.05) is 43.9 Å². The zero-order valence-electron chi connectivity index (χ0n) is 19.9. The van der Waals surface area contributed by atoms with Crippen LogP contribution in [-0.2, 0) is 11.2 Å². The smallest absolute Gasteiger partial charge is 0.407 e. The molecule has 3 N–H and O–H groups in total. The molecule has 0 saturated heterocycles. The highest BCUT2D eigenvalue weighted by Gasteiger charge is 2.15. The minimum absolute atomic E-state index is 0.413. The van der Waals surface area contributed by atoms with Crippen molar-refractivity contribution in [3.63, 3.8) is 0 Å². The molecule has 0 aliphatic carbocycles. The second-order valence-electron chi connectivity index (χ2n) is 7.73. The van der Waals surface area contributed by atoms with Crippen LogP contribution in [0.15, 0.2) is 17.1 Å². The summed E-state index contributed by atoms with van der Waals surface area (Å²) in [5.41, 5.74) is 0.454. The van der Waals surface area contributed by atoms with E-state index in [1.807, 2.05) is 39.8 Å². The van der Waals surface area contributed by atoms with E-state index in [1.165, 1.54) is 0 Å². The molecule has 0 radical (unpaired) electrons. The second-order valence-corrected chi connectivity index (χ2v) is 7.73. The lowest BCUT2D eigenvalue weighted by Crippen LogP contribution is -2.38. The molecule has 0 aliphatic rings. The maximum Gasteiger partial charge on any atom is 0.407 e. The number of nitrogens with one attached hydrogen (secondary N) is 3. The van der Waals surface area contributed by atoms with Gasteiger partial charge in [-0.25, -0.2) is 4.79 Å². The minimum atomic E-state index is -0.500. The number of benzene rings is 1. The standard InChI is InChI=1S/C22H38N4O5/c1-8-23-20(24-11-9-12-26-21(27)31-22(2,3)4)25-13-10-17-18(29-6)14-16(28-5)15-19(17)30-7/h14-15H,8-13H2,1-7H3,(H,26,27)(H2,23,24,25). The highest BCUT2D eigenvalue weighted by molar-refractivity contribution is 5.79. The van der Waals surface area contributed by atoms with Crippen LogP contribution in [0.1, 0.15) is 39.7 Å². The molecule has 1 aromatic carbocycles. The van der Waals surface area contributed by atoms with E-state index in [-0.39, 0.29) is 0 Å². The molecule has 0 unspecified atom stereocenters. The van der Waals surface area contributed by atoms with Crippen molar-refractivity contribution in [2.75, 3.05) is 47.5 Å². The number of amides is 1. The first-order valence-corrected chi connectivity index (χ1v) is 10.5. The Balaban J connectivity index is 2.56. The van der Waals surface area contributed by atoms with Gasteiger partial charge in [-0.05, 0) is 40.5 Å². The van der Waals surface area contributed by atoms with Gasteiger partial charge in [-0.15, -0.1) is 0 Å². The zero-order chi connectivity index (χ0) is 23.3. The zero-order valence-corrected chi connectivity index (χ0v) is 19.9. The van der Waals surface area contributed by atoms with Gasteiger partial charge in [0.2, 0.25) is 0 Å². The van der Waals surface area contributed by atoms with Crippen molar-refractivity contribution in [3.8, 4) is 17.2 Å². The molecule has 0 saturated carbocycles. The van der Waals surface area contributed by atoms with Crippen LogP contribution in [0.5, 0.6) is 17.2 Å². The summed E-state index contributed by atoms with van der Waals surface area (Å²) >= 11 is 0. The van der Waals surface area contributed by atoms with Crippen molar-refractivity contribution in [2.45, 2.75) is 46.1 Å². The van der Waals surface area contributed by atoms with Gasteiger partial charge < -0.3 is 34.9 Å². The van der Waals surface area contributed by atoms with Crippen LogP contribution < -0.4 is 30.2 Å². The maximum absolute atomic E-state index is 11.7. The van der Waals surface area contributed by atoms with E-state index >= 15 is 0 Å². The van der Waals surface area contributed by atoms with Gasteiger partial charge in [0.15, 0.2) is 5.96 Å². The average molecular weight is 439 g/mol. The van der Waals surface area contributed by atoms with Gasteiger partial charge in [-0.3, -0.25) is 4.99 Å².